The van der Waals surface area contributed by atoms with Crippen LogP contribution in [0.2, 0.25) is 0 Å². The standard InChI is InChI=1S/C14H13N3O3/c1-8-5-6-9(7-10(8)14(19)20)16-12-4-2-3-11(17-12)13(15)18/h2-7H,1H3,(H2,15,18)(H,16,17)(H,19,20). The van der Waals surface area contributed by atoms with Crippen LogP contribution < -0.4 is 11.1 Å². The Balaban J connectivity index is 2.30. The second-order valence-electron chi connectivity index (χ2n) is 4.23. The molecule has 0 aliphatic heterocycles. The number of benzene rings is 1. The van der Waals surface area contributed by atoms with Crippen molar-refractivity contribution >= 4 is 23.4 Å². The van der Waals surface area contributed by atoms with Crippen LogP contribution in [-0.2, 0) is 0 Å². The van der Waals surface area contributed by atoms with Crippen molar-refractivity contribution in [3.63, 3.8) is 0 Å². The molecule has 0 unspecified atom stereocenters. The van der Waals surface area contributed by atoms with Crippen LogP contribution in [0.5, 0.6) is 0 Å². The number of carbonyl (C=O) groups excluding carboxylic acids is 1. The monoisotopic (exact) mass is 271 g/mol. The number of primary amides is 1. The van der Waals surface area contributed by atoms with Gasteiger partial charge in [0.15, 0.2) is 0 Å². The average Bonchev–Trinajstić information content (AvgIpc) is 2.41. The number of rotatable bonds is 4. The van der Waals surface area contributed by atoms with Crippen LogP contribution in [0, 0.1) is 6.92 Å². The number of hydrogen-bond acceptors (Lipinski definition) is 4. The Kier molecular flexibility index (Phi) is 3.65. The van der Waals surface area contributed by atoms with E-state index in [2.05, 4.69) is 10.3 Å². The van der Waals surface area contributed by atoms with Gasteiger partial charge in [-0.25, -0.2) is 9.78 Å². The highest BCUT2D eigenvalue weighted by Crippen LogP contribution is 2.19. The number of aromatic carboxylic acids is 1. The maximum absolute atomic E-state index is 11.1. The number of anilines is 2. The molecule has 20 heavy (non-hydrogen) atoms. The number of carboxylic acid groups (broad SMARTS) is 1. The van der Waals surface area contributed by atoms with Gasteiger partial charge in [0, 0.05) is 5.69 Å². The van der Waals surface area contributed by atoms with Gasteiger partial charge >= 0.3 is 5.97 Å². The molecule has 0 saturated carbocycles. The fourth-order valence-corrected chi connectivity index (χ4v) is 1.72. The minimum absolute atomic E-state index is 0.139. The van der Waals surface area contributed by atoms with Crippen LogP contribution in [0.25, 0.3) is 0 Å². The van der Waals surface area contributed by atoms with Gasteiger partial charge < -0.3 is 16.2 Å². The summed E-state index contributed by atoms with van der Waals surface area (Å²) in [6.45, 7) is 1.72. The van der Waals surface area contributed by atoms with Gasteiger partial charge in [-0.15, -0.1) is 0 Å². The van der Waals surface area contributed by atoms with Crippen LogP contribution in [0.15, 0.2) is 36.4 Å². The molecule has 1 amide bonds. The van der Waals surface area contributed by atoms with E-state index in [1.54, 1.807) is 31.2 Å². The number of hydrogen-bond donors (Lipinski definition) is 3. The van der Waals surface area contributed by atoms with Gasteiger partial charge in [0.25, 0.3) is 5.91 Å². The van der Waals surface area contributed by atoms with Gasteiger partial charge in [-0.1, -0.05) is 12.1 Å². The Morgan fingerprint density at radius 1 is 1.25 bits per heavy atom. The van der Waals surface area contributed by atoms with Crippen molar-refractivity contribution in [1.29, 1.82) is 0 Å². The van der Waals surface area contributed by atoms with Crippen molar-refractivity contribution in [2.45, 2.75) is 6.92 Å². The molecule has 1 aromatic heterocycles. The second kappa shape index (κ2) is 5.40. The molecule has 2 rings (SSSR count). The zero-order valence-electron chi connectivity index (χ0n) is 10.8. The third kappa shape index (κ3) is 2.92. The van der Waals surface area contributed by atoms with Gasteiger partial charge in [-0.2, -0.15) is 0 Å². The minimum atomic E-state index is -0.995. The van der Waals surface area contributed by atoms with E-state index in [4.69, 9.17) is 10.8 Å². The van der Waals surface area contributed by atoms with E-state index in [9.17, 15) is 9.59 Å². The molecular weight excluding hydrogens is 258 g/mol. The van der Waals surface area contributed by atoms with E-state index in [-0.39, 0.29) is 11.3 Å². The third-order valence-electron chi connectivity index (χ3n) is 2.74. The lowest BCUT2D eigenvalue weighted by molar-refractivity contribution is 0.0696. The quantitative estimate of drug-likeness (QED) is 0.788. The normalized spacial score (nSPS) is 10.1. The van der Waals surface area contributed by atoms with Crippen LogP contribution in [0.4, 0.5) is 11.5 Å². The highest BCUT2D eigenvalue weighted by atomic mass is 16.4. The van der Waals surface area contributed by atoms with E-state index in [1.807, 2.05) is 0 Å². The van der Waals surface area contributed by atoms with E-state index < -0.39 is 11.9 Å². The number of nitrogens with two attached hydrogens (primary N) is 1. The summed E-state index contributed by atoms with van der Waals surface area (Å²) in [6.07, 6.45) is 0. The molecule has 0 fully saturated rings. The van der Waals surface area contributed by atoms with E-state index in [1.165, 1.54) is 12.1 Å². The first-order valence-corrected chi connectivity index (χ1v) is 5.85. The van der Waals surface area contributed by atoms with Crippen molar-refractivity contribution in [2.24, 2.45) is 5.73 Å². The molecule has 0 aliphatic carbocycles. The van der Waals surface area contributed by atoms with Gasteiger partial charge in [-0.3, -0.25) is 4.79 Å². The van der Waals surface area contributed by atoms with Crippen LogP contribution in [0.1, 0.15) is 26.4 Å². The summed E-state index contributed by atoms with van der Waals surface area (Å²) < 4.78 is 0. The van der Waals surface area contributed by atoms with Crippen LogP contribution in [-0.4, -0.2) is 22.0 Å². The molecule has 1 aromatic carbocycles. The third-order valence-corrected chi connectivity index (χ3v) is 2.74. The maximum Gasteiger partial charge on any atom is 0.336 e. The molecule has 2 aromatic rings. The summed E-state index contributed by atoms with van der Waals surface area (Å²) in [5.41, 5.74) is 6.74. The van der Waals surface area contributed by atoms with Crippen molar-refractivity contribution < 1.29 is 14.7 Å². The maximum atomic E-state index is 11.1. The number of nitrogens with zero attached hydrogens (tertiary/aromatic N) is 1. The van der Waals surface area contributed by atoms with Crippen molar-refractivity contribution in [3.05, 3.63) is 53.2 Å². The number of aromatic nitrogens is 1. The van der Waals surface area contributed by atoms with Crippen molar-refractivity contribution in [1.82, 2.24) is 4.98 Å². The summed E-state index contributed by atoms with van der Waals surface area (Å²) in [5.74, 6) is -1.20. The lowest BCUT2D eigenvalue weighted by Crippen LogP contribution is -2.13. The average molecular weight is 271 g/mol. The first-order chi connectivity index (χ1) is 9.47. The molecule has 4 N–H and O–H groups in total. The summed E-state index contributed by atoms with van der Waals surface area (Å²) in [7, 11) is 0. The Hall–Kier alpha value is -2.89. The number of pyridine rings is 1. The molecule has 1 heterocycles. The number of amides is 1. The lowest BCUT2D eigenvalue weighted by atomic mass is 10.1. The number of carboxylic acids is 1. The molecule has 0 radical (unpaired) electrons. The lowest BCUT2D eigenvalue weighted by Gasteiger charge is -2.08. The molecule has 6 heteroatoms. The fraction of sp³-hybridized carbons (Fsp3) is 0.0714. The Morgan fingerprint density at radius 3 is 2.65 bits per heavy atom. The highest BCUT2D eigenvalue weighted by Gasteiger charge is 2.09. The number of nitrogens with one attached hydrogen (secondary N) is 1. The largest absolute Gasteiger partial charge is 0.478 e. The highest BCUT2D eigenvalue weighted by molar-refractivity contribution is 5.92. The van der Waals surface area contributed by atoms with Gasteiger partial charge in [0.05, 0.1) is 5.56 Å². The molecule has 0 saturated heterocycles. The Morgan fingerprint density at radius 2 is 2.00 bits per heavy atom. The zero-order valence-corrected chi connectivity index (χ0v) is 10.8. The predicted molar refractivity (Wildman–Crippen MR) is 74.2 cm³/mol. The molecule has 0 spiro atoms. The second-order valence-corrected chi connectivity index (χ2v) is 4.23. The van der Waals surface area contributed by atoms with Crippen molar-refractivity contribution in [2.75, 3.05) is 5.32 Å². The fourth-order valence-electron chi connectivity index (χ4n) is 1.72. The van der Waals surface area contributed by atoms with Gasteiger partial charge in [0.2, 0.25) is 0 Å². The van der Waals surface area contributed by atoms with E-state index >= 15 is 0 Å². The Bertz CT molecular complexity index is 683. The topological polar surface area (TPSA) is 105 Å². The molecule has 0 atom stereocenters. The van der Waals surface area contributed by atoms with E-state index in [0.717, 1.165) is 0 Å². The van der Waals surface area contributed by atoms with Gasteiger partial charge in [-0.05, 0) is 36.8 Å². The zero-order chi connectivity index (χ0) is 14.7. The van der Waals surface area contributed by atoms with Crippen LogP contribution in [0.3, 0.4) is 0 Å². The molecule has 102 valence electrons. The number of carbonyl (C=O) groups is 2. The molecule has 0 aliphatic rings. The summed E-state index contributed by atoms with van der Waals surface area (Å²) in [6, 6.07) is 9.75. The number of aryl methyl sites for hydroxylation is 1. The van der Waals surface area contributed by atoms with Gasteiger partial charge in [0.1, 0.15) is 11.5 Å². The predicted octanol–water partition coefficient (Wildman–Crippen LogP) is 1.93. The first-order valence-electron chi connectivity index (χ1n) is 5.85. The molecule has 6 nitrogen and oxygen atoms in total. The SMILES string of the molecule is Cc1ccc(Nc2cccc(C(N)=O)n2)cc1C(=O)O. The summed E-state index contributed by atoms with van der Waals surface area (Å²) >= 11 is 0. The first kappa shape index (κ1) is 13.5. The van der Waals surface area contributed by atoms with E-state index in [0.29, 0.717) is 17.1 Å². The minimum Gasteiger partial charge on any atom is -0.478 e. The smallest absolute Gasteiger partial charge is 0.336 e. The molecular formula is C14H13N3O3. The summed E-state index contributed by atoms with van der Waals surface area (Å²) in [5, 5.41) is 12.0. The van der Waals surface area contributed by atoms with Crippen LogP contribution >= 0.6 is 0 Å². The summed E-state index contributed by atoms with van der Waals surface area (Å²) in [4.78, 5) is 26.1. The molecule has 0 bridgehead atoms. The Labute approximate surface area is 115 Å². The van der Waals surface area contributed by atoms with Crippen molar-refractivity contribution in [3.8, 4) is 0 Å².